The first-order chi connectivity index (χ1) is 13.3. The minimum atomic E-state index is -3.91. The van der Waals surface area contributed by atoms with Crippen LogP contribution in [0.3, 0.4) is 0 Å². The zero-order chi connectivity index (χ0) is 20.3. The Labute approximate surface area is 169 Å². The van der Waals surface area contributed by atoms with Crippen LogP contribution in [0.25, 0.3) is 0 Å². The molecule has 0 unspecified atom stereocenters. The molecule has 5 nitrogen and oxygen atoms in total. The van der Waals surface area contributed by atoms with Crippen LogP contribution in [0.4, 0.5) is 5.69 Å². The summed E-state index contributed by atoms with van der Waals surface area (Å²) in [6.45, 7) is 4.06. The Balaban J connectivity index is 1.97. The summed E-state index contributed by atoms with van der Waals surface area (Å²) in [4.78, 5) is 16.9. The predicted molar refractivity (Wildman–Crippen MR) is 110 cm³/mol. The van der Waals surface area contributed by atoms with Crippen molar-refractivity contribution < 1.29 is 13.2 Å². The Bertz CT molecular complexity index is 1100. The highest BCUT2D eigenvalue weighted by atomic mass is 35.5. The fourth-order valence-electron chi connectivity index (χ4n) is 2.66. The van der Waals surface area contributed by atoms with Crippen molar-refractivity contribution in [1.29, 1.82) is 0 Å². The molecule has 3 aromatic rings. The molecule has 0 saturated carbocycles. The number of sulfonamides is 1. The van der Waals surface area contributed by atoms with Crippen molar-refractivity contribution in [3.8, 4) is 0 Å². The van der Waals surface area contributed by atoms with Crippen LogP contribution in [0.2, 0.25) is 5.02 Å². The van der Waals surface area contributed by atoms with Crippen LogP contribution in [0.5, 0.6) is 0 Å². The first-order valence-electron chi connectivity index (χ1n) is 8.66. The number of benzene rings is 2. The molecule has 0 atom stereocenters. The van der Waals surface area contributed by atoms with Gasteiger partial charge in [0.05, 0.1) is 15.6 Å². The first-order valence-corrected chi connectivity index (χ1v) is 10.5. The van der Waals surface area contributed by atoms with Crippen molar-refractivity contribution in [2.45, 2.75) is 24.7 Å². The van der Waals surface area contributed by atoms with Crippen LogP contribution in [0.1, 0.15) is 41.4 Å². The highest BCUT2D eigenvalue weighted by Crippen LogP contribution is 2.25. The van der Waals surface area contributed by atoms with E-state index in [4.69, 9.17) is 11.6 Å². The predicted octanol–water partition coefficient (Wildman–Crippen LogP) is 4.89. The number of carbonyl (C=O) groups excluding carboxylic acids is 1. The van der Waals surface area contributed by atoms with Crippen LogP contribution in [-0.4, -0.2) is 19.2 Å². The normalized spacial score (nSPS) is 11.4. The van der Waals surface area contributed by atoms with Gasteiger partial charge in [0.2, 0.25) is 5.78 Å². The van der Waals surface area contributed by atoms with E-state index in [0.717, 1.165) is 5.56 Å². The third-order valence-electron chi connectivity index (χ3n) is 4.21. The molecule has 0 saturated heterocycles. The van der Waals surface area contributed by atoms with Crippen molar-refractivity contribution in [2.24, 2.45) is 0 Å². The molecule has 0 bridgehead atoms. The number of pyridine rings is 1. The zero-order valence-electron chi connectivity index (χ0n) is 15.4. The maximum absolute atomic E-state index is 12.8. The van der Waals surface area contributed by atoms with Gasteiger partial charge in [-0.1, -0.05) is 67.9 Å². The van der Waals surface area contributed by atoms with Crippen molar-refractivity contribution in [2.75, 3.05) is 4.72 Å². The summed E-state index contributed by atoms with van der Waals surface area (Å²) in [5, 5.41) is 0.220. The molecule has 1 heterocycles. The maximum Gasteiger partial charge on any atom is 0.261 e. The van der Waals surface area contributed by atoms with Crippen molar-refractivity contribution in [3.63, 3.8) is 0 Å². The standard InChI is InChI=1S/C21H19ClN2O3S/c1-14(2)15-8-10-18(11-9-15)28(26,27)24-19-12-17(22)13-23-20(19)21(25)16-6-4-3-5-7-16/h3-14,24H,1-2H3. The number of hydrogen-bond acceptors (Lipinski definition) is 4. The lowest BCUT2D eigenvalue weighted by Gasteiger charge is -2.13. The lowest BCUT2D eigenvalue weighted by atomic mass is 10.0. The second-order valence-electron chi connectivity index (χ2n) is 6.57. The number of nitrogens with zero attached hydrogens (tertiary/aromatic N) is 1. The van der Waals surface area contributed by atoms with Gasteiger partial charge in [-0.2, -0.15) is 0 Å². The van der Waals surface area contributed by atoms with Gasteiger partial charge in [0, 0.05) is 11.8 Å². The maximum atomic E-state index is 12.8. The lowest BCUT2D eigenvalue weighted by Crippen LogP contribution is -2.17. The summed E-state index contributed by atoms with van der Waals surface area (Å²) in [5.41, 5.74) is 1.45. The molecule has 0 aliphatic heterocycles. The SMILES string of the molecule is CC(C)c1ccc(S(=O)(=O)Nc2cc(Cl)cnc2C(=O)c2ccccc2)cc1. The average molecular weight is 415 g/mol. The van der Waals surface area contributed by atoms with E-state index in [1.54, 1.807) is 42.5 Å². The molecular weight excluding hydrogens is 396 g/mol. The van der Waals surface area contributed by atoms with E-state index in [0.29, 0.717) is 5.56 Å². The van der Waals surface area contributed by atoms with Crippen LogP contribution in [-0.2, 0) is 10.0 Å². The number of anilines is 1. The minimum Gasteiger partial charge on any atom is -0.287 e. The molecule has 0 aliphatic rings. The fraction of sp³-hybridized carbons (Fsp3) is 0.143. The molecule has 0 fully saturated rings. The molecule has 1 aromatic heterocycles. The fourth-order valence-corrected chi connectivity index (χ4v) is 3.88. The average Bonchev–Trinajstić information content (AvgIpc) is 2.68. The summed E-state index contributed by atoms with van der Waals surface area (Å²) in [5.74, 6) is -0.109. The Morgan fingerprint density at radius 1 is 1.04 bits per heavy atom. The third kappa shape index (κ3) is 4.40. The second-order valence-corrected chi connectivity index (χ2v) is 8.69. The molecule has 0 amide bonds. The van der Waals surface area contributed by atoms with Crippen LogP contribution in [0, 0.1) is 0 Å². The van der Waals surface area contributed by atoms with Crippen LogP contribution >= 0.6 is 11.6 Å². The topological polar surface area (TPSA) is 76.1 Å². The molecule has 28 heavy (non-hydrogen) atoms. The van der Waals surface area contributed by atoms with Gasteiger partial charge in [0.1, 0.15) is 5.69 Å². The summed E-state index contributed by atoms with van der Waals surface area (Å²) in [6.07, 6.45) is 1.31. The van der Waals surface area contributed by atoms with Gasteiger partial charge in [-0.15, -0.1) is 0 Å². The monoisotopic (exact) mass is 414 g/mol. The van der Waals surface area contributed by atoms with E-state index in [2.05, 4.69) is 9.71 Å². The summed E-state index contributed by atoms with van der Waals surface area (Å²) < 4.78 is 28.1. The van der Waals surface area contributed by atoms with Gasteiger partial charge in [-0.25, -0.2) is 13.4 Å². The minimum absolute atomic E-state index is 0.0158. The lowest BCUT2D eigenvalue weighted by molar-refractivity contribution is 0.103. The summed E-state index contributed by atoms with van der Waals surface area (Å²) in [7, 11) is -3.91. The van der Waals surface area contributed by atoms with Gasteiger partial charge in [0.25, 0.3) is 10.0 Å². The number of hydrogen-bond donors (Lipinski definition) is 1. The van der Waals surface area contributed by atoms with E-state index in [1.165, 1.54) is 24.4 Å². The first kappa shape index (κ1) is 20.0. The highest BCUT2D eigenvalue weighted by molar-refractivity contribution is 7.92. The number of nitrogens with one attached hydrogen (secondary N) is 1. The van der Waals surface area contributed by atoms with Crippen LogP contribution < -0.4 is 4.72 Å². The summed E-state index contributed by atoms with van der Waals surface area (Å²) >= 11 is 5.99. The second kappa shape index (κ2) is 8.12. The Morgan fingerprint density at radius 3 is 2.29 bits per heavy atom. The zero-order valence-corrected chi connectivity index (χ0v) is 17.0. The smallest absolute Gasteiger partial charge is 0.261 e. The van der Waals surface area contributed by atoms with Crippen molar-refractivity contribution in [1.82, 2.24) is 4.98 Å². The largest absolute Gasteiger partial charge is 0.287 e. The number of rotatable bonds is 6. The molecule has 2 aromatic carbocycles. The molecule has 3 rings (SSSR count). The molecular formula is C21H19ClN2O3S. The van der Waals surface area contributed by atoms with Crippen LogP contribution in [0.15, 0.2) is 71.8 Å². The Hall–Kier alpha value is -2.70. The number of ketones is 1. The van der Waals surface area contributed by atoms with Crippen molar-refractivity contribution in [3.05, 3.63) is 88.7 Å². The molecule has 0 radical (unpaired) electrons. The van der Waals surface area contributed by atoms with E-state index in [9.17, 15) is 13.2 Å². The van der Waals surface area contributed by atoms with E-state index in [-0.39, 0.29) is 27.2 Å². The molecule has 0 spiro atoms. The van der Waals surface area contributed by atoms with Crippen molar-refractivity contribution >= 4 is 33.1 Å². The van der Waals surface area contributed by atoms with Gasteiger partial charge in [-0.3, -0.25) is 9.52 Å². The van der Waals surface area contributed by atoms with Gasteiger partial charge < -0.3 is 0 Å². The Kier molecular flexibility index (Phi) is 5.82. The number of halogens is 1. The third-order valence-corrected chi connectivity index (χ3v) is 5.79. The van der Waals surface area contributed by atoms with Gasteiger partial charge in [0.15, 0.2) is 0 Å². The molecule has 7 heteroatoms. The van der Waals surface area contributed by atoms with E-state index >= 15 is 0 Å². The molecule has 144 valence electrons. The number of aromatic nitrogens is 1. The summed E-state index contributed by atoms with van der Waals surface area (Å²) in [6, 6.07) is 16.5. The van der Waals surface area contributed by atoms with E-state index in [1.807, 2.05) is 13.8 Å². The van der Waals surface area contributed by atoms with Gasteiger partial charge in [-0.05, 0) is 29.7 Å². The van der Waals surface area contributed by atoms with Gasteiger partial charge >= 0.3 is 0 Å². The number of carbonyl (C=O) groups is 1. The molecule has 1 N–H and O–H groups in total. The van der Waals surface area contributed by atoms with E-state index < -0.39 is 15.8 Å². The Morgan fingerprint density at radius 2 is 1.68 bits per heavy atom. The highest BCUT2D eigenvalue weighted by Gasteiger charge is 2.21. The quantitative estimate of drug-likeness (QED) is 0.582. The molecule has 0 aliphatic carbocycles.